The molecular weight excluding hydrogens is 909 g/mol. The van der Waals surface area contributed by atoms with Gasteiger partial charge in [0.25, 0.3) is 0 Å². The first-order chi connectivity index (χ1) is 32.8. The summed E-state index contributed by atoms with van der Waals surface area (Å²) in [6.07, 6.45) is 24.3. The summed E-state index contributed by atoms with van der Waals surface area (Å²) >= 11 is 0. The van der Waals surface area contributed by atoms with Crippen molar-refractivity contribution in [2.75, 3.05) is 19.8 Å². The maximum Gasteiger partial charge on any atom is 0.178 e. The number of allylic oxidation sites excluding steroid dienone is 8. The molecule has 16 atom stereocenters. The van der Waals surface area contributed by atoms with Crippen molar-refractivity contribution in [3.05, 3.63) is 83.8 Å². The van der Waals surface area contributed by atoms with Crippen molar-refractivity contribution in [2.24, 2.45) is 89.9 Å². The zero-order chi connectivity index (χ0) is 51.1. The van der Waals surface area contributed by atoms with Gasteiger partial charge in [0.15, 0.2) is 5.78 Å². The molecule has 0 radical (unpaired) electrons. The smallest absolute Gasteiger partial charge is 0.178 e. The number of furan rings is 2. The molecule has 10 nitrogen and oxygen atoms in total. The van der Waals surface area contributed by atoms with Gasteiger partial charge in [0.05, 0.1) is 23.6 Å². The number of carbonyl (C=O) groups is 2. The van der Waals surface area contributed by atoms with Crippen molar-refractivity contribution in [1.82, 2.24) is 5.01 Å². The molecule has 406 valence electrons. The van der Waals surface area contributed by atoms with E-state index in [0.717, 1.165) is 74.3 Å². The molecule has 2 aromatic heterocycles. The number of aliphatic imine (C=N–C) groups is 1. The molecule has 0 bridgehead atoms. The van der Waals surface area contributed by atoms with Crippen LogP contribution in [0.5, 0.6) is 0 Å². The molecule has 6 saturated carbocycles. The molecule has 73 heavy (non-hydrogen) atoms. The molecule has 8 aliphatic rings. The van der Waals surface area contributed by atoms with Gasteiger partial charge in [-0.15, -0.1) is 0 Å². The average molecular weight is 1010 g/mol. The van der Waals surface area contributed by atoms with E-state index in [1.807, 2.05) is 52.0 Å². The van der Waals surface area contributed by atoms with Crippen LogP contribution in [-0.4, -0.2) is 64.5 Å². The molecule has 6 fully saturated rings. The van der Waals surface area contributed by atoms with Gasteiger partial charge in [-0.05, 0) is 142 Å². The number of aliphatic hydroxyl groups excluding tert-OH is 2. The zero-order valence-corrected chi connectivity index (χ0v) is 45.1. The lowest BCUT2D eigenvalue weighted by atomic mass is 9.44. The normalized spacial score (nSPS) is 41.1. The van der Waals surface area contributed by atoms with Crippen molar-refractivity contribution in [1.29, 1.82) is 0 Å². The molecular formula is C63H98N4O6. The Hall–Kier alpha value is -4.28. The van der Waals surface area contributed by atoms with Crippen LogP contribution in [0, 0.1) is 93.7 Å². The van der Waals surface area contributed by atoms with E-state index < -0.39 is 6.10 Å². The molecule has 4 N–H and O–H groups in total. The topological polar surface area (TPSA) is 155 Å². The first-order valence-corrected chi connectivity index (χ1v) is 26.8. The predicted octanol–water partition coefficient (Wildman–Crippen LogP) is 14.5. The fourth-order valence-corrected chi connectivity index (χ4v) is 17.3. The number of ketones is 2. The lowest BCUT2D eigenvalue weighted by Crippen LogP contribution is -2.58. The minimum Gasteiger partial charge on any atom is -0.467 e. The summed E-state index contributed by atoms with van der Waals surface area (Å²) in [6.45, 7) is 26.6. The van der Waals surface area contributed by atoms with E-state index in [1.165, 1.54) is 29.5 Å². The second-order valence-electron chi connectivity index (χ2n) is 24.7. The lowest BCUT2D eigenvalue weighted by Gasteiger charge is -2.60. The second-order valence-corrected chi connectivity index (χ2v) is 24.7. The van der Waals surface area contributed by atoms with Gasteiger partial charge >= 0.3 is 0 Å². The third-order valence-corrected chi connectivity index (χ3v) is 21.2. The summed E-state index contributed by atoms with van der Waals surface area (Å²) < 4.78 is 10.2. The Morgan fingerprint density at radius 1 is 0.740 bits per heavy atom. The summed E-state index contributed by atoms with van der Waals surface area (Å²) in [5, 5.41) is 30.2. The van der Waals surface area contributed by atoms with Gasteiger partial charge in [0, 0.05) is 71.9 Å². The number of carbonyl (C=O) groups excluding carboxylic acids is 2. The Balaban J connectivity index is 0.000000231. The minimum absolute atomic E-state index is 0. The number of rotatable bonds is 6. The SMILES string of the molecule is C.C.C.CC/C(=N/N(C)C)[C@@]1(C)[C@H](C)C[C@H]2[C@@H]3CCC4=CC(=O)C=C[C@]4(C)[C@H]3[C@@H](O)C[C@@]21C.CCC(=O)[C@@]1(C)[C@H](C)C[C@H]2[C@@H]3CCC4=CC(=Nc5coc(C)c5)C=C[C@]4(C)[C@H]3[C@@H](O)C[C@@]21C.Cc1cc(N)co1. The number of hydrogen-bond donors (Lipinski definition) is 3. The van der Waals surface area contributed by atoms with Crippen molar-refractivity contribution < 1.29 is 28.6 Å². The van der Waals surface area contributed by atoms with E-state index >= 15 is 0 Å². The van der Waals surface area contributed by atoms with Gasteiger partial charge in [0.2, 0.25) is 0 Å². The molecule has 10 heteroatoms. The van der Waals surface area contributed by atoms with Crippen LogP contribution in [0.1, 0.15) is 167 Å². The van der Waals surface area contributed by atoms with E-state index in [2.05, 4.69) is 86.6 Å². The number of nitrogens with two attached hydrogens (primary N) is 1. The summed E-state index contributed by atoms with van der Waals surface area (Å²) in [7, 11) is 4.02. The Morgan fingerprint density at radius 2 is 1.23 bits per heavy atom. The standard InChI is InChI=1S/C29H39NO3.C26H40N2O2.C5H7NO.3CH4/c1-7-25(32)29(6)17(2)12-23-22-9-8-19-14-20(30-21-13-18(3)33-16-21)10-11-27(19,4)26(22)24(31)15-28(23,29)5;1-8-22(27-28(6)7)26(5)16(2)13-20-19-10-9-17-14-18(29)11-12-24(17,3)23(19)21(30)15-25(20,26)4;1-4-2-5(6)3-7-4;;;/h10-11,13-14,16-17,22-24,26,31H,7-9,12,15H2,1-6H3;11-12,14,16,19-21,23,30H,8-10,13,15H2,1-7H3;2-3H,6H2,1H3;3*1H4/b;27-22-;;;;/t17-,22+,23+,24+,26-,27+,28+,29-;16-,19+,20+,21+,23-,24+,25+,26-;;;;/m11..../s1. The van der Waals surface area contributed by atoms with Gasteiger partial charge < -0.3 is 29.8 Å². The van der Waals surface area contributed by atoms with Crippen LogP contribution in [0.15, 0.2) is 91.2 Å². The van der Waals surface area contributed by atoms with Gasteiger partial charge in [-0.1, -0.05) is 115 Å². The molecule has 10 rings (SSSR count). The van der Waals surface area contributed by atoms with Gasteiger partial charge in [-0.2, -0.15) is 5.10 Å². The number of nitrogen functional groups attached to an aromatic ring is 1. The van der Waals surface area contributed by atoms with Gasteiger partial charge in [-0.25, -0.2) is 4.99 Å². The number of anilines is 1. The van der Waals surface area contributed by atoms with E-state index in [0.29, 0.717) is 53.4 Å². The summed E-state index contributed by atoms with van der Waals surface area (Å²) in [5.74, 6) is 5.46. The maximum absolute atomic E-state index is 13.2. The molecule has 0 amide bonds. The van der Waals surface area contributed by atoms with Crippen LogP contribution in [0.2, 0.25) is 0 Å². The molecule has 0 unspecified atom stereocenters. The Labute approximate surface area is 441 Å². The first kappa shape index (κ1) is 59.6. The number of nitrogens with zero attached hydrogens (tertiary/aromatic N) is 3. The summed E-state index contributed by atoms with van der Waals surface area (Å²) in [4.78, 5) is 30.0. The Bertz CT molecular complexity index is 2510. The highest BCUT2D eigenvalue weighted by Crippen LogP contribution is 2.73. The van der Waals surface area contributed by atoms with Crippen LogP contribution < -0.4 is 5.73 Å². The van der Waals surface area contributed by atoms with Crippen molar-refractivity contribution in [2.45, 2.75) is 182 Å². The van der Waals surface area contributed by atoms with Crippen LogP contribution in [0.25, 0.3) is 0 Å². The quantitative estimate of drug-likeness (QED) is 0.191. The van der Waals surface area contributed by atoms with E-state index in [1.54, 1.807) is 18.4 Å². The van der Waals surface area contributed by atoms with Crippen LogP contribution in [0.3, 0.4) is 0 Å². The molecule has 0 spiro atoms. The number of fused-ring (bicyclic) bond motifs is 10. The van der Waals surface area contributed by atoms with Gasteiger partial charge in [0.1, 0.15) is 35.5 Å². The number of hydrogen-bond acceptors (Lipinski definition) is 10. The fraction of sp³-hybridized carbons (Fsp3) is 0.683. The first-order valence-electron chi connectivity index (χ1n) is 26.8. The zero-order valence-electron chi connectivity index (χ0n) is 45.1. The summed E-state index contributed by atoms with van der Waals surface area (Å²) in [6, 6.07) is 3.73. The maximum atomic E-state index is 13.2. The highest BCUT2D eigenvalue weighted by molar-refractivity contribution is 6.07. The molecule has 0 saturated heterocycles. The minimum atomic E-state index is -0.404. The molecule has 0 aromatic carbocycles. The van der Waals surface area contributed by atoms with Crippen molar-refractivity contribution in [3.8, 4) is 0 Å². The molecule has 8 aliphatic carbocycles. The fourth-order valence-electron chi connectivity index (χ4n) is 17.3. The Kier molecular flexibility index (Phi) is 17.5. The molecule has 0 aliphatic heterocycles. The van der Waals surface area contributed by atoms with E-state index in [4.69, 9.17) is 24.7 Å². The largest absolute Gasteiger partial charge is 0.467 e. The molecule has 2 heterocycles. The van der Waals surface area contributed by atoms with Gasteiger partial charge in [-0.3, -0.25) is 9.59 Å². The predicted molar refractivity (Wildman–Crippen MR) is 302 cm³/mol. The highest BCUT2D eigenvalue weighted by Gasteiger charge is 2.70. The van der Waals surface area contributed by atoms with E-state index in [9.17, 15) is 19.8 Å². The average Bonchev–Trinajstić information content (AvgIpc) is 4.01. The third-order valence-electron chi connectivity index (χ3n) is 21.2. The number of aryl methyl sites for hydroxylation is 2. The number of aliphatic hydroxyl groups is 2. The van der Waals surface area contributed by atoms with Crippen LogP contribution >= 0.6 is 0 Å². The lowest BCUT2D eigenvalue weighted by molar-refractivity contribution is -0.155. The van der Waals surface area contributed by atoms with E-state index in [-0.39, 0.29) is 78.5 Å². The van der Waals surface area contributed by atoms with Crippen molar-refractivity contribution in [3.63, 3.8) is 0 Å². The number of Topliss-reactive ketones (excluding diaryl/α,β-unsaturated/α-hetero) is 1. The Morgan fingerprint density at radius 3 is 1.68 bits per heavy atom. The van der Waals surface area contributed by atoms with Crippen LogP contribution in [0.4, 0.5) is 11.4 Å². The van der Waals surface area contributed by atoms with Crippen molar-refractivity contribution >= 4 is 34.4 Å². The summed E-state index contributed by atoms with van der Waals surface area (Å²) in [5.41, 5.74) is 10.8. The second kappa shape index (κ2) is 21.4. The highest BCUT2D eigenvalue weighted by atomic mass is 16.3. The number of hydrazone groups is 1. The monoisotopic (exact) mass is 1010 g/mol. The third kappa shape index (κ3) is 9.47. The van der Waals surface area contributed by atoms with Crippen LogP contribution in [-0.2, 0) is 9.59 Å². The molecule has 2 aromatic rings.